The molecule has 4 rings (SSSR count). The molecule has 0 amide bonds. The minimum atomic E-state index is 0.678. The number of thioether (sulfide) groups is 1. The van der Waals surface area contributed by atoms with Crippen molar-refractivity contribution in [3.8, 4) is 0 Å². The number of para-hydroxylation sites is 2. The summed E-state index contributed by atoms with van der Waals surface area (Å²) in [5.41, 5.74) is 5.02. The third kappa shape index (κ3) is 3.44. The number of anilines is 2. The Labute approximate surface area is 148 Å². The summed E-state index contributed by atoms with van der Waals surface area (Å²) in [5.74, 6) is 0.735. The molecule has 1 N–H and O–H groups in total. The van der Waals surface area contributed by atoms with Crippen molar-refractivity contribution in [1.29, 1.82) is 0 Å². The molecule has 24 heavy (non-hydrogen) atoms. The second-order valence-electron chi connectivity index (χ2n) is 5.37. The first-order valence-electron chi connectivity index (χ1n) is 7.53. The number of thiazole rings is 1. The molecule has 0 aliphatic heterocycles. The quantitative estimate of drug-likeness (QED) is 0.471. The molecule has 2 aromatic heterocycles. The van der Waals surface area contributed by atoms with Gasteiger partial charge in [0, 0.05) is 16.8 Å². The van der Waals surface area contributed by atoms with Crippen LogP contribution in [0, 0.1) is 6.92 Å². The summed E-state index contributed by atoms with van der Waals surface area (Å²) in [5, 5.41) is 6.97. The molecule has 0 saturated carbocycles. The van der Waals surface area contributed by atoms with Gasteiger partial charge in [0.25, 0.3) is 5.22 Å². The lowest BCUT2D eigenvalue weighted by Gasteiger charge is -2.02. The van der Waals surface area contributed by atoms with Gasteiger partial charge in [-0.15, -0.1) is 11.3 Å². The highest BCUT2D eigenvalue weighted by atomic mass is 32.2. The summed E-state index contributed by atoms with van der Waals surface area (Å²) < 4.78 is 5.72. The number of nitrogens with one attached hydrogen (secondary N) is 1. The molecule has 120 valence electrons. The SMILES string of the molecule is Cc1ccc(Nc2nc(CSc3nc4ccccc4o3)cs2)cc1. The van der Waals surface area contributed by atoms with Crippen LogP contribution in [-0.4, -0.2) is 9.97 Å². The van der Waals surface area contributed by atoms with E-state index in [1.165, 1.54) is 5.56 Å². The maximum atomic E-state index is 5.72. The molecular formula is C18H15N3OS2. The second kappa shape index (κ2) is 6.67. The van der Waals surface area contributed by atoms with E-state index in [9.17, 15) is 0 Å². The van der Waals surface area contributed by atoms with Crippen LogP contribution in [0.5, 0.6) is 0 Å². The Hall–Kier alpha value is -2.31. The number of fused-ring (bicyclic) bond motifs is 1. The first-order valence-corrected chi connectivity index (χ1v) is 9.39. The lowest BCUT2D eigenvalue weighted by Crippen LogP contribution is -1.90. The fourth-order valence-corrected chi connectivity index (χ4v) is 3.81. The molecule has 0 bridgehead atoms. The molecule has 6 heteroatoms. The molecule has 0 atom stereocenters. The van der Waals surface area contributed by atoms with Crippen molar-refractivity contribution in [2.75, 3.05) is 5.32 Å². The minimum Gasteiger partial charge on any atom is -0.431 e. The smallest absolute Gasteiger partial charge is 0.257 e. The van der Waals surface area contributed by atoms with Crippen LogP contribution in [-0.2, 0) is 5.75 Å². The summed E-state index contributed by atoms with van der Waals surface area (Å²) >= 11 is 3.16. The van der Waals surface area contributed by atoms with Crippen LogP contribution < -0.4 is 5.32 Å². The summed E-state index contributed by atoms with van der Waals surface area (Å²) in [6.45, 7) is 2.08. The van der Waals surface area contributed by atoms with Crippen molar-refractivity contribution in [2.45, 2.75) is 17.9 Å². The van der Waals surface area contributed by atoms with Crippen molar-refractivity contribution >= 4 is 45.0 Å². The van der Waals surface area contributed by atoms with Gasteiger partial charge in [-0.3, -0.25) is 0 Å². The molecule has 4 aromatic rings. The number of aromatic nitrogens is 2. The minimum absolute atomic E-state index is 0.678. The van der Waals surface area contributed by atoms with Crippen molar-refractivity contribution < 1.29 is 4.42 Å². The number of rotatable bonds is 5. The molecular weight excluding hydrogens is 338 g/mol. The van der Waals surface area contributed by atoms with E-state index >= 15 is 0 Å². The zero-order valence-electron chi connectivity index (χ0n) is 13.0. The molecule has 4 nitrogen and oxygen atoms in total. The van der Waals surface area contributed by atoms with Gasteiger partial charge >= 0.3 is 0 Å². The van der Waals surface area contributed by atoms with Gasteiger partial charge < -0.3 is 9.73 Å². The van der Waals surface area contributed by atoms with Crippen LogP contribution in [0.2, 0.25) is 0 Å². The third-order valence-corrected chi connectivity index (χ3v) is 5.14. The van der Waals surface area contributed by atoms with Gasteiger partial charge in [0.2, 0.25) is 0 Å². The van der Waals surface area contributed by atoms with Crippen LogP contribution in [0.4, 0.5) is 10.8 Å². The van der Waals surface area contributed by atoms with E-state index in [4.69, 9.17) is 4.42 Å². The molecule has 0 unspecified atom stereocenters. The van der Waals surface area contributed by atoms with Gasteiger partial charge in [-0.2, -0.15) is 0 Å². The van der Waals surface area contributed by atoms with Crippen molar-refractivity contribution in [2.24, 2.45) is 0 Å². The van der Waals surface area contributed by atoms with Crippen LogP contribution in [0.25, 0.3) is 11.1 Å². The molecule has 0 aliphatic rings. The fraction of sp³-hybridized carbons (Fsp3) is 0.111. The maximum absolute atomic E-state index is 5.72. The van der Waals surface area contributed by atoms with Gasteiger partial charge in [0.15, 0.2) is 10.7 Å². The Balaban J connectivity index is 1.40. The largest absolute Gasteiger partial charge is 0.431 e. The lowest BCUT2D eigenvalue weighted by molar-refractivity contribution is 0.489. The molecule has 0 radical (unpaired) electrons. The molecule has 0 fully saturated rings. The second-order valence-corrected chi connectivity index (χ2v) is 7.16. The van der Waals surface area contributed by atoms with Crippen LogP contribution in [0.1, 0.15) is 11.3 Å². The monoisotopic (exact) mass is 353 g/mol. The number of nitrogens with zero attached hydrogens (tertiary/aromatic N) is 2. The molecule has 0 spiro atoms. The third-order valence-electron chi connectivity index (χ3n) is 3.47. The van der Waals surface area contributed by atoms with Crippen molar-refractivity contribution in [1.82, 2.24) is 9.97 Å². The highest BCUT2D eigenvalue weighted by Crippen LogP contribution is 2.28. The Morgan fingerprint density at radius 3 is 2.75 bits per heavy atom. The van der Waals surface area contributed by atoms with Gasteiger partial charge in [-0.05, 0) is 31.2 Å². The predicted molar refractivity (Wildman–Crippen MR) is 100 cm³/mol. The van der Waals surface area contributed by atoms with Gasteiger partial charge in [0.05, 0.1) is 5.69 Å². The zero-order valence-corrected chi connectivity index (χ0v) is 14.7. The highest BCUT2D eigenvalue weighted by Gasteiger charge is 2.08. The van der Waals surface area contributed by atoms with E-state index in [0.717, 1.165) is 33.4 Å². The van der Waals surface area contributed by atoms with E-state index in [0.29, 0.717) is 5.22 Å². The normalized spacial score (nSPS) is 11.0. The van der Waals surface area contributed by atoms with E-state index in [-0.39, 0.29) is 0 Å². The van der Waals surface area contributed by atoms with E-state index in [2.05, 4.69) is 51.9 Å². The van der Waals surface area contributed by atoms with E-state index in [1.807, 2.05) is 24.3 Å². The highest BCUT2D eigenvalue weighted by molar-refractivity contribution is 7.98. The molecule has 2 heterocycles. The predicted octanol–water partition coefficient (Wildman–Crippen LogP) is 5.63. The average Bonchev–Trinajstić information content (AvgIpc) is 3.21. The van der Waals surface area contributed by atoms with Crippen LogP contribution in [0.15, 0.2) is 63.6 Å². The average molecular weight is 353 g/mol. The summed E-state index contributed by atoms with van der Waals surface area (Å²) in [6.07, 6.45) is 0. The molecule has 0 saturated heterocycles. The van der Waals surface area contributed by atoms with Crippen LogP contribution >= 0.6 is 23.1 Å². The summed E-state index contributed by atoms with van der Waals surface area (Å²) in [4.78, 5) is 9.08. The number of aryl methyl sites for hydroxylation is 1. The summed E-state index contributed by atoms with van der Waals surface area (Å²) in [6, 6.07) is 16.1. The first kappa shape index (κ1) is 15.2. The summed E-state index contributed by atoms with van der Waals surface area (Å²) in [7, 11) is 0. The Morgan fingerprint density at radius 1 is 1.08 bits per heavy atom. The van der Waals surface area contributed by atoms with Gasteiger partial charge in [-0.25, -0.2) is 9.97 Å². The Kier molecular flexibility index (Phi) is 4.23. The van der Waals surface area contributed by atoms with E-state index < -0.39 is 0 Å². The molecule has 0 aliphatic carbocycles. The van der Waals surface area contributed by atoms with Gasteiger partial charge in [-0.1, -0.05) is 41.6 Å². The Morgan fingerprint density at radius 2 is 1.92 bits per heavy atom. The Bertz CT molecular complexity index is 927. The lowest BCUT2D eigenvalue weighted by atomic mass is 10.2. The zero-order chi connectivity index (χ0) is 16.4. The molecule has 2 aromatic carbocycles. The first-order chi connectivity index (χ1) is 11.8. The number of hydrogen-bond donors (Lipinski definition) is 1. The van der Waals surface area contributed by atoms with Crippen molar-refractivity contribution in [3.63, 3.8) is 0 Å². The van der Waals surface area contributed by atoms with Crippen LogP contribution in [0.3, 0.4) is 0 Å². The fourth-order valence-electron chi connectivity index (χ4n) is 2.24. The number of benzene rings is 2. The number of oxazole rings is 1. The standard InChI is InChI=1S/C18H15N3OS2/c1-12-6-8-13(9-7-12)19-17-20-14(10-23-17)11-24-18-21-15-4-2-3-5-16(15)22-18/h2-10H,11H2,1H3,(H,19,20). The van der Waals surface area contributed by atoms with Crippen molar-refractivity contribution in [3.05, 3.63) is 65.2 Å². The maximum Gasteiger partial charge on any atom is 0.257 e. The van der Waals surface area contributed by atoms with Gasteiger partial charge in [0.1, 0.15) is 5.52 Å². The topological polar surface area (TPSA) is 51.0 Å². The van der Waals surface area contributed by atoms with E-state index in [1.54, 1.807) is 23.1 Å². The number of hydrogen-bond acceptors (Lipinski definition) is 6.